The fourth-order valence-electron chi connectivity index (χ4n) is 1.73. The lowest BCUT2D eigenvalue weighted by Gasteiger charge is -2.10. The van der Waals surface area contributed by atoms with Gasteiger partial charge in [-0.1, -0.05) is 51.9 Å². The van der Waals surface area contributed by atoms with Crippen LogP contribution in [0.3, 0.4) is 0 Å². The zero-order valence-corrected chi connectivity index (χ0v) is 12.0. The molecule has 1 unspecified atom stereocenters. The molecule has 0 saturated carbocycles. The maximum absolute atomic E-state index is 10.7. The molecule has 3 heteroatoms. The molecule has 0 aliphatic heterocycles. The molecule has 1 atom stereocenters. The van der Waals surface area contributed by atoms with E-state index in [0.29, 0.717) is 0 Å². The number of carbonyl (C=O) groups is 1. The molecule has 0 rings (SSSR count). The van der Waals surface area contributed by atoms with Gasteiger partial charge in [0.2, 0.25) is 0 Å². The first-order valence-electron chi connectivity index (χ1n) is 6.56. The third kappa shape index (κ3) is 12.0. The Balaban J connectivity index is 3.11. The molecule has 16 heavy (non-hydrogen) atoms. The first-order valence-corrected chi connectivity index (χ1v) is 8.45. The molecule has 0 aromatic carbocycles. The highest BCUT2D eigenvalue weighted by molar-refractivity contribution is 7.52. The van der Waals surface area contributed by atoms with Crippen LogP contribution in [0.2, 0.25) is 0 Å². The normalized spacial score (nSPS) is 12.4. The Morgan fingerprint density at radius 3 is 2.00 bits per heavy atom. The molecule has 0 aliphatic rings. The van der Waals surface area contributed by atoms with Crippen molar-refractivity contribution in [2.24, 2.45) is 0 Å². The van der Waals surface area contributed by atoms with Crippen LogP contribution in [0.4, 0.5) is 0 Å². The lowest BCUT2D eigenvalue weighted by molar-refractivity contribution is -0.131. The summed E-state index contributed by atoms with van der Waals surface area (Å²) in [5, 5.41) is 0. The van der Waals surface area contributed by atoms with Gasteiger partial charge in [-0.25, -0.2) is 0 Å². The Morgan fingerprint density at radius 2 is 1.50 bits per heavy atom. The van der Waals surface area contributed by atoms with Gasteiger partial charge in [-0.2, -0.15) is 0 Å². The van der Waals surface area contributed by atoms with E-state index < -0.39 is 8.15 Å². The predicted octanol–water partition coefficient (Wildman–Crippen LogP) is 4.72. The molecule has 0 amide bonds. The first kappa shape index (κ1) is 15.9. The monoisotopic (exact) mass is 246 g/mol. The smallest absolute Gasteiger partial charge is 0.305 e. The molecule has 2 nitrogen and oxygen atoms in total. The van der Waals surface area contributed by atoms with Crippen molar-refractivity contribution in [2.75, 3.05) is 12.8 Å². The van der Waals surface area contributed by atoms with E-state index >= 15 is 0 Å². The van der Waals surface area contributed by atoms with Crippen LogP contribution in [0, 0.1) is 0 Å². The summed E-state index contributed by atoms with van der Waals surface area (Å²) in [6.45, 7) is 5.78. The molecule has 0 bridgehead atoms. The van der Waals surface area contributed by atoms with Crippen molar-refractivity contribution in [3.8, 4) is 0 Å². The molecule has 0 fully saturated rings. The second-order valence-electron chi connectivity index (χ2n) is 4.41. The van der Waals surface area contributed by atoms with Gasteiger partial charge >= 0.3 is 5.97 Å². The molecule has 0 heterocycles. The number of hydrogen-bond acceptors (Lipinski definition) is 2. The van der Waals surface area contributed by atoms with Gasteiger partial charge in [0.1, 0.15) is 0 Å². The SMILES string of the molecule is CCCCCCCCCCP(C)OC(C)=O. The second-order valence-corrected chi connectivity index (χ2v) is 6.29. The van der Waals surface area contributed by atoms with Gasteiger partial charge in [-0.15, -0.1) is 0 Å². The molecule has 96 valence electrons. The number of carbonyl (C=O) groups excluding carboxylic acids is 1. The van der Waals surface area contributed by atoms with Gasteiger partial charge in [0.25, 0.3) is 0 Å². The fraction of sp³-hybridized carbons (Fsp3) is 0.923. The lowest BCUT2D eigenvalue weighted by Crippen LogP contribution is -1.95. The Morgan fingerprint density at radius 1 is 1.00 bits per heavy atom. The molecule has 0 saturated heterocycles. The first-order chi connectivity index (χ1) is 7.66. The molecule has 0 N–H and O–H groups in total. The second kappa shape index (κ2) is 11.4. The van der Waals surface area contributed by atoms with E-state index in [2.05, 4.69) is 6.92 Å². The Bertz CT molecular complexity index is 171. The van der Waals surface area contributed by atoms with E-state index in [1.165, 1.54) is 58.3 Å². The summed E-state index contributed by atoms with van der Waals surface area (Å²) in [4.78, 5) is 10.7. The van der Waals surface area contributed by atoms with Gasteiger partial charge in [-0.05, 0) is 13.1 Å². The number of unbranched alkanes of at least 4 members (excludes halogenated alkanes) is 7. The quantitative estimate of drug-likeness (QED) is 0.412. The zero-order valence-electron chi connectivity index (χ0n) is 11.1. The van der Waals surface area contributed by atoms with Crippen LogP contribution >= 0.6 is 8.15 Å². The van der Waals surface area contributed by atoms with E-state index in [1.807, 2.05) is 6.66 Å². The molecule has 0 spiro atoms. The van der Waals surface area contributed by atoms with Crippen LogP contribution in [0.15, 0.2) is 0 Å². The van der Waals surface area contributed by atoms with Crippen molar-refractivity contribution in [3.63, 3.8) is 0 Å². The summed E-state index contributed by atoms with van der Waals surface area (Å²) < 4.78 is 5.14. The van der Waals surface area contributed by atoms with Crippen LogP contribution in [0.25, 0.3) is 0 Å². The van der Waals surface area contributed by atoms with E-state index in [4.69, 9.17) is 4.52 Å². The van der Waals surface area contributed by atoms with E-state index in [9.17, 15) is 4.79 Å². The minimum absolute atomic E-state index is 0.131. The van der Waals surface area contributed by atoms with Gasteiger partial charge in [-0.3, -0.25) is 4.79 Å². The van der Waals surface area contributed by atoms with E-state index in [0.717, 1.165) is 6.16 Å². The number of hydrogen-bond donors (Lipinski definition) is 0. The Kier molecular flexibility index (Phi) is 11.3. The lowest BCUT2D eigenvalue weighted by atomic mass is 10.1. The highest BCUT2D eigenvalue weighted by Crippen LogP contribution is 2.33. The topological polar surface area (TPSA) is 26.3 Å². The summed E-state index contributed by atoms with van der Waals surface area (Å²) >= 11 is 0. The molecular formula is C13H27O2P. The molecule has 0 radical (unpaired) electrons. The maximum atomic E-state index is 10.7. The molecule has 0 aromatic rings. The van der Waals surface area contributed by atoms with Crippen molar-refractivity contribution >= 4 is 14.1 Å². The van der Waals surface area contributed by atoms with Crippen molar-refractivity contribution in [1.82, 2.24) is 0 Å². The highest BCUT2D eigenvalue weighted by Gasteiger charge is 2.04. The van der Waals surface area contributed by atoms with Crippen LogP contribution in [-0.2, 0) is 9.32 Å². The zero-order chi connectivity index (χ0) is 12.2. The van der Waals surface area contributed by atoms with Gasteiger partial charge in [0.05, 0.1) is 8.15 Å². The van der Waals surface area contributed by atoms with Crippen molar-refractivity contribution < 1.29 is 9.32 Å². The maximum Gasteiger partial charge on any atom is 0.305 e. The van der Waals surface area contributed by atoms with Crippen LogP contribution in [-0.4, -0.2) is 18.8 Å². The van der Waals surface area contributed by atoms with Crippen LogP contribution < -0.4 is 0 Å². The minimum Gasteiger partial charge on any atom is -0.445 e. The fourth-order valence-corrected chi connectivity index (χ4v) is 2.93. The minimum atomic E-state index is -0.500. The molecule has 0 aliphatic carbocycles. The average Bonchev–Trinajstić information content (AvgIpc) is 2.21. The summed E-state index contributed by atoms with van der Waals surface area (Å²) in [7, 11) is -0.500. The van der Waals surface area contributed by atoms with Crippen LogP contribution in [0.1, 0.15) is 65.2 Å². The van der Waals surface area contributed by atoms with Gasteiger partial charge in [0, 0.05) is 13.1 Å². The largest absolute Gasteiger partial charge is 0.445 e. The van der Waals surface area contributed by atoms with Crippen molar-refractivity contribution in [3.05, 3.63) is 0 Å². The Labute approximate surface area is 102 Å². The van der Waals surface area contributed by atoms with Gasteiger partial charge in [0.15, 0.2) is 0 Å². The summed E-state index contributed by atoms with van der Waals surface area (Å²) in [5.74, 6) is -0.131. The third-order valence-corrected chi connectivity index (χ3v) is 4.13. The van der Waals surface area contributed by atoms with E-state index in [1.54, 1.807) is 0 Å². The summed E-state index contributed by atoms with van der Waals surface area (Å²) in [6, 6.07) is 0. The standard InChI is InChI=1S/C13H27O2P/c1-4-5-6-7-8-9-10-11-12-16(3)15-13(2)14/h4-12H2,1-3H3. The average molecular weight is 246 g/mol. The summed E-state index contributed by atoms with van der Waals surface area (Å²) in [5.41, 5.74) is 0. The van der Waals surface area contributed by atoms with Gasteiger partial charge < -0.3 is 4.52 Å². The predicted molar refractivity (Wildman–Crippen MR) is 72.1 cm³/mol. The Hall–Kier alpha value is -0.100. The van der Waals surface area contributed by atoms with Crippen molar-refractivity contribution in [1.29, 1.82) is 0 Å². The number of rotatable bonds is 10. The van der Waals surface area contributed by atoms with Crippen LogP contribution in [0.5, 0.6) is 0 Å². The third-order valence-electron chi connectivity index (χ3n) is 2.61. The van der Waals surface area contributed by atoms with E-state index in [-0.39, 0.29) is 5.97 Å². The summed E-state index contributed by atoms with van der Waals surface area (Å²) in [6.07, 6.45) is 11.8. The van der Waals surface area contributed by atoms with Crippen molar-refractivity contribution in [2.45, 2.75) is 65.2 Å². The molecule has 0 aromatic heterocycles. The highest BCUT2D eigenvalue weighted by atomic mass is 31.1. The molecular weight excluding hydrogens is 219 g/mol.